The van der Waals surface area contributed by atoms with Gasteiger partial charge in [-0.2, -0.15) is 5.10 Å². The van der Waals surface area contributed by atoms with E-state index in [1.807, 2.05) is 38.1 Å². The molecule has 2 amide bonds. The van der Waals surface area contributed by atoms with Crippen LogP contribution in [0.1, 0.15) is 34.6 Å². The fourth-order valence-corrected chi connectivity index (χ4v) is 2.92. The van der Waals surface area contributed by atoms with Crippen molar-refractivity contribution in [1.29, 1.82) is 0 Å². The van der Waals surface area contributed by atoms with Crippen LogP contribution in [0.25, 0.3) is 5.69 Å². The second-order valence-electron chi connectivity index (χ2n) is 6.40. The molecule has 0 spiro atoms. The molecule has 0 saturated carbocycles. The third-order valence-corrected chi connectivity index (χ3v) is 4.36. The van der Waals surface area contributed by atoms with Gasteiger partial charge in [0.1, 0.15) is 0 Å². The second-order valence-corrected chi connectivity index (χ2v) is 6.40. The third kappa shape index (κ3) is 3.32. The van der Waals surface area contributed by atoms with Gasteiger partial charge < -0.3 is 10.2 Å². The zero-order valence-corrected chi connectivity index (χ0v) is 14.2. The predicted octanol–water partition coefficient (Wildman–Crippen LogP) is 1.84. The average Bonchev–Trinajstić information content (AvgIpc) is 2.94. The molecular weight excluding hydrogens is 304 g/mol. The van der Waals surface area contributed by atoms with Gasteiger partial charge in [-0.15, -0.1) is 0 Å². The summed E-state index contributed by atoms with van der Waals surface area (Å²) in [6.45, 7) is 4.50. The van der Waals surface area contributed by atoms with Crippen LogP contribution in [0.3, 0.4) is 0 Å². The Morgan fingerprint density at radius 2 is 1.96 bits per heavy atom. The maximum Gasteiger partial charge on any atom is 0.272 e. The number of hydrogen-bond acceptors (Lipinski definition) is 3. The molecular formula is C18H22N4O2. The molecule has 0 radical (unpaired) electrons. The smallest absolute Gasteiger partial charge is 0.272 e. The molecule has 126 valence electrons. The summed E-state index contributed by atoms with van der Waals surface area (Å²) in [5.74, 6) is -0.0725. The Hall–Kier alpha value is -2.63. The first-order valence-electron chi connectivity index (χ1n) is 8.12. The van der Waals surface area contributed by atoms with E-state index in [-0.39, 0.29) is 17.9 Å². The fraction of sp³-hybridized carbons (Fsp3) is 0.389. The van der Waals surface area contributed by atoms with Crippen LogP contribution in [0.2, 0.25) is 0 Å². The molecule has 0 aliphatic carbocycles. The third-order valence-electron chi connectivity index (χ3n) is 4.36. The summed E-state index contributed by atoms with van der Waals surface area (Å²) >= 11 is 0. The van der Waals surface area contributed by atoms with Crippen molar-refractivity contribution in [1.82, 2.24) is 20.0 Å². The molecule has 6 heteroatoms. The van der Waals surface area contributed by atoms with E-state index in [4.69, 9.17) is 0 Å². The van der Waals surface area contributed by atoms with Crippen molar-refractivity contribution in [3.05, 3.63) is 47.3 Å². The molecule has 1 aromatic heterocycles. The van der Waals surface area contributed by atoms with Crippen molar-refractivity contribution in [2.45, 2.75) is 32.7 Å². The van der Waals surface area contributed by atoms with Crippen LogP contribution in [0.15, 0.2) is 30.3 Å². The standard InChI is InChI=1S/C18H22N4O2/c1-12-4-7-15(8-5-12)22-13(2)10-16(20-22)18(24)19-14-6-9-17(23)21(3)11-14/h4-5,7-8,10,14H,6,9,11H2,1-3H3,(H,19,24). The van der Waals surface area contributed by atoms with E-state index in [1.165, 1.54) is 5.56 Å². The summed E-state index contributed by atoms with van der Waals surface area (Å²) in [7, 11) is 1.76. The lowest BCUT2D eigenvalue weighted by Gasteiger charge is -2.29. The van der Waals surface area contributed by atoms with E-state index in [0.29, 0.717) is 25.1 Å². The molecule has 1 aromatic carbocycles. The number of aryl methyl sites for hydroxylation is 2. The maximum atomic E-state index is 12.5. The van der Waals surface area contributed by atoms with Gasteiger partial charge in [0.05, 0.1) is 5.69 Å². The van der Waals surface area contributed by atoms with Crippen molar-refractivity contribution in [2.24, 2.45) is 0 Å². The molecule has 24 heavy (non-hydrogen) atoms. The molecule has 0 bridgehead atoms. The Morgan fingerprint density at radius 1 is 1.25 bits per heavy atom. The average molecular weight is 326 g/mol. The molecule has 1 N–H and O–H groups in total. The van der Waals surface area contributed by atoms with Gasteiger partial charge in [-0.25, -0.2) is 4.68 Å². The number of rotatable bonds is 3. The summed E-state index contributed by atoms with van der Waals surface area (Å²) in [6.07, 6.45) is 1.14. The zero-order chi connectivity index (χ0) is 17.3. The Morgan fingerprint density at radius 3 is 2.62 bits per heavy atom. The van der Waals surface area contributed by atoms with Crippen molar-refractivity contribution < 1.29 is 9.59 Å². The maximum absolute atomic E-state index is 12.5. The summed E-state index contributed by atoms with van der Waals surface area (Å²) in [5, 5.41) is 7.41. The second kappa shape index (κ2) is 6.47. The lowest BCUT2D eigenvalue weighted by atomic mass is 10.1. The van der Waals surface area contributed by atoms with E-state index in [2.05, 4.69) is 10.4 Å². The van der Waals surface area contributed by atoms with Crippen molar-refractivity contribution in [3.63, 3.8) is 0 Å². The number of carbonyl (C=O) groups excluding carboxylic acids is 2. The number of amides is 2. The highest BCUT2D eigenvalue weighted by atomic mass is 16.2. The van der Waals surface area contributed by atoms with Gasteiger partial charge in [0.15, 0.2) is 5.69 Å². The minimum atomic E-state index is -0.197. The van der Waals surface area contributed by atoms with Crippen LogP contribution in [0.4, 0.5) is 0 Å². The summed E-state index contributed by atoms with van der Waals surface area (Å²) in [5.41, 5.74) is 3.41. The van der Waals surface area contributed by atoms with Crippen molar-refractivity contribution in [2.75, 3.05) is 13.6 Å². The summed E-state index contributed by atoms with van der Waals surface area (Å²) in [4.78, 5) is 25.6. The number of carbonyl (C=O) groups is 2. The SMILES string of the molecule is Cc1ccc(-n2nc(C(=O)NC3CCC(=O)N(C)C3)cc2C)cc1. The van der Waals surface area contributed by atoms with E-state index >= 15 is 0 Å². The Bertz CT molecular complexity index is 764. The molecule has 6 nitrogen and oxygen atoms in total. The Labute approximate surface area is 141 Å². The normalized spacial score (nSPS) is 17.9. The molecule has 1 aliphatic heterocycles. The summed E-state index contributed by atoms with van der Waals surface area (Å²) in [6, 6.07) is 9.77. The van der Waals surface area contributed by atoms with E-state index < -0.39 is 0 Å². The minimum Gasteiger partial charge on any atom is -0.346 e. The quantitative estimate of drug-likeness (QED) is 0.936. The van der Waals surface area contributed by atoms with Crippen molar-refractivity contribution >= 4 is 11.8 Å². The molecule has 1 atom stereocenters. The van der Waals surface area contributed by atoms with E-state index in [9.17, 15) is 9.59 Å². The van der Waals surface area contributed by atoms with Gasteiger partial charge in [-0.3, -0.25) is 9.59 Å². The van der Waals surface area contributed by atoms with Crippen molar-refractivity contribution in [3.8, 4) is 5.69 Å². The lowest BCUT2D eigenvalue weighted by Crippen LogP contribution is -2.48. The fourth-order valence-electron chi connectivity index (χ4n) is 2.92. The largest absolute Gasteiger partial charge is 0.346 e. The zero-order valence-electron chi connectivity index (χ0n) is 14.2. The van der Waals surface area contributed by atoms with Gasteiger partial charge >= 0.3 is 0 Å². The topological polar surface area (TPSA) is 67.2 Å². The van der Waals surface area contributed by atoms with Gasteiger partial charge in [-0.05, 0) is 38.5 Å². The summed E-state index contributed by atoms with van der Waals surface area (Å²) < 4.78 is 1.77. The molecule has 1 unspecified atom stereocenters. The van der Waals surface area contributed by atoms with Crippen LogP contribution in [-0.2, 0) is 4.79 Å². The molecule has 1 fully saturated rings. The van der Waals surface area contributed by atoms with E-state index in [0.717, 1.165) is 11.4 Å². The van der Waals surface area contributed by atoms with Gasteiger partial charge in [0.25, 0.3) is 5.91 Å². The molecule has 1 saturated heterocycles. The Balaban J connectivity index is 1.73. The van der Waals surface area contributed by atoms with Crippen LogP contribution in [0, 0.1) is 13.8 Å². The van der Waals surface area contributed by atoms with Crippen LogP contribution < -0.4 is 5.32 Å². The monoisotopic (exact) mass is 326 g/mol. The number of nitrogens with one attached hydrogen (secondary N) is 1. The molecule has 3 rings (SSSR count). The molecule has 2 heterocycles. The van der Waals surface area contributed by atoms with Gasteiger partial charge in [-0.1, -0.05) is 17.7 Å². The number of piperidine rings is 1. The van der Waals surface area contributed by atoms with Gasteiger partial charge in [0, 0.05) is 31.7 Å². The number of benzene rings is 1. The van der Waals surface area contributed by atoms with Crippen LogP contribution in [0.5, 0.6) is 0 Å². The lowest BCUT2D eigenvalue weighted by molar-refractivity contribution is -0.132. The number of likely N-dealkylation sites (tertiary alicyclic amines) is 1. The molecule has 1 aliphatic rings. The highest BCUT2D eigenvalue weighted by Gasteiger charge is 2.25. The predicted molar refractivity (Wildman–Crippen MR) is 91.2 cm³/mol. The first kappa shape index (κ1) is 16.2. The van der Waals surface area contributed by atoms with Crippen LogP contribution >= 0.6 is 0 Å². The highest BCUT2D eigenvalue weighted by Crippen LogP contribution is 2.14. The number of nitrogens with zero attached hydrogens (tertiary/aromatic N) is 3. The number of aromatic nitrogens is 2. The number of hydrogen-bond donors (Lipinski definition) is 1. The first-order valence-corrected chi connectivity index (χ1v) is 8.12. The first-order chi connectivity index (χ1) is 11.4. The highest BCUT2D eigenvalue weighted by molar-refractivity contribution is 5.92. The van der Waals surface area contributed by atoms with E-state index in [1.54, 1.807) is 22.7 Å². The van der Waals surface area contributed by atoms with Gasteiger partial charge in [0.2, 0.25) is 5.91 Å². The Kier molecular flexibility index (Phi) is 4.38. The minimum absolute atomic E-state index is 0.0231. The number of likely N-dealkylation sites (N-methyl/N-ethyl adjacent to an activating group) is 1. The van der Waals surface area contributed by atoms with Crippen LogP contribution in [-0.4, -0.2) is 46.1 Å². The molecule has 2 aromatic rings.